The van der Waals surface area contributed by atoms with Crippen molar-refractivity contribution < 1.29 is 9.26 Å². The fourth-order valence-electron chi connectivity index (χ4n) is 2.76. The van der Waals surface area contributed by atoms with E-state index in [2.05, 4.69) is 36.7 Å². The van der Waals surface area contributed by atoms with Crippen LogP contribution in [0.15, 0.2) is 27.2 Å². The van der Waals surface area contributed by atoms with Crippen LogP contribution in [0.3, 0.4) is 0 Å². The molecule has 1 atom stereocenters. The van der Waals surface area contributed by atoms with E-state index in [1.165, 1.54) is 0 Å². The van der Waals surface area contributed by atoms with Crippen molar-refractivity contribution >= 4 is 29.0 Å². The highest BCUT2D eigenvalue weighted by Crippen LogP contribution is 2.35. The Labute approximate surface area is 159 Å². The minimum Gasteiger partial charge on any atom is -0.378 e. The second kappa shape index (κ2) is 7.77. The molecule has 0 saturated carbocycles. The first-order chi connectivity index (χ1) is 12.8. The van der Waals surface area contributed by atoms with Crippen LogP contribution in [0.5, 0.6) is 0 Å². The third-order valence-corrected chi connectivity index (χ3v) is 6.05. The van der Waals surface area contributed by atoms with Crippen LogP contribution in [0, 0.1) is 0 Å². The summed E-state index contributed by atoms with van der Waals surface area (Å²) in [4.78, 5) is 7.75. The molecule has 0 aliphatic carbocycles. The highest BCUT2D eigenvalue weighted by molar-refractivity contribution is 7.99. The van der Waals surface area contributed by atoms with Crippen LogP contribution < -0.4 is 4.90 Å². The van der Waals surface area contributed by atoms with Crippen LogP contribution in [0.2, 0.25) is 0 Å². The van der Waals surface area contributed by atoms with E-state index in [9.17, 15) is 0 Å². The topological polar surface area (TPSA) is 82.1 Å². The standard InChI is InChI=1S/C16H20N6O2S2/c1-3-22-15(21-6-8-23-9-7-21)18-19-16(22)26-11(2)14-17-13(20-24-14)12-5-4-10-25-12/h4-5,10-11H,3,6-9H2,1-2H3. The van der Waals surface area contributed by atoms with Gasteiger partial charge < -0.3 is 14.2 Å². The SMILES string of the molecule is CCn1c(SC(C)c2nc(-c3cccs3)no2)nnc1N1CCOCC1. The summed E-state index contributed by atoms with van der Waals surface area (Å²) in [5.41, 5.74) is 0. The van der Waals surface area contributed by atoms with Gasteiger partial charge in [0.25, 0.3) is 0 Å². The fourth-order valence-corrected chi connectivity index (χ4v) is 4.34. The van der Waals surface area contributed by atoms with Crippen LogP contribution in [-0.4, -0.2) is 51.2 Å². The lowest BCUT2D eigenvalue weighted by Gasteiger charge is -2.27. The van der Waals surface area contributed by atoms with Gasteiger partial charge in [0.05, 0.1) is 23.3 Å². The first-order valence-electron chi connectivity index (χ1n) is 8.56. The molecule has 8 nitrogen and oxygen atoms in total. The number of hydrogen-bond acceptors (Lipinski definition) is 9. The van der Waals surface area contributed by atoms with Gasteiger partial charge in [-0.15, -0.1) is 21.5 Å². The van der Waals surface area contributed by atoms with Gasteiger partial charge in [-0.25, -0.2) is 0 Å². The number of thioether (sulfide) groups is 1. The van der Waals surface area contributed by atoms with E-state index in [-0.39, 0.29) is 5.25 Å². The molecule has 26 heavy (non-hydrogen) atoms. The molecule has 4 rings (SSSR count). The minimum absolute atomic E-state index is 0.0109. The molecule has 1 fully saturated rings. The van der Waals surface area contributed by atoms with Gasteiger partial charge in [0.2, 0.25) is 17.7 Å². The van der Waals surface area contributed by atoms with Crippen LogP contribution in [0.1, 0.15) is 25.0 Å². The average molecular weight is 393 g/mol. The number of thiophene rings is 1. The van der Waals surface area contributed by atoms with Crippen molar-refractivity contribution in [1.29, 1.82) is 0 Å². The Bertz CT molecular complexity index is 841. The molecule has 1 saturated heterocycles. The molecular weight excluding hydrogens is 372 g/mol. The largest absolute Gasteiger partial charge is 0.378 e. The van der Waals surface area contributed by atoms with Crippen molar-refractivity contribution in [3.63, 3.8) is 0 Å². The summed E-state index contributed by atoms with van der Waals surface area (Å²) in [6.07, 6.45) is 0. The number of hydrogen-bond donors (Lipinski definition) is 0. The zero-order valence-electron chi connectivity index (χ0n) is 14.7. The molecular formula is C16H20N6O2S2. The van der Waals surface area contributed by atoms with Crippen LogP contribution in [0.4, 0.5) is 5.95 Å². The number of nitrogens with zero attached hydrogens (tertiary/aromatic N) is 6. The predicted octanol–water partition coefficient (Wildman–Crippen LogP) is 3.10. The molecule has 1 unspecified atom stereocenters. The van der Waals surface area contributed by atoms with Gasteiger partial charge in [-0.2, -0.15) is 4.98 Å². The summed E-state index contributed by atoms with van der Waals surface area (Å²) in [7, 11) is 0. The van der Waals surface area contributed by atoms with Gasteiger partial charge >= 0.3 is 0 Å². The molecule has 0 amide bonds. The van der Waals surface area contributed by atoms with E-state index in [0.29, 0.717) is 11.7 Å². The number of ether oxygens (including phenoxy) is 1. The molecule has 1 aliphatic rings. The van der Waals surface area contributed by atoms with E-state index in [1.807, 2.05) is 24.4 Å². The number of aromatic nitrogens is 5. The van der Waals surface area contributed by atoms with Crippen molar-refractivity contribution in [3.8, 4) is 10.7 Å². The normalized spacial score (nSPS) is 16.2. The van der Waals surface area contributed by atoms with Crippen molar-refractivity contribution in [2.24, 2.45) is 0 Å². The Morgan fingerprint density at radius 3 is 2.88 bits per heavy atom. The lowest BCUT2D eigenvalue weighted by molar-refractivity contribution is 0.121. The lowest BCUT2D eigenvalue weighted by Crippen LogP contribution is -2.38. The third kappa shape index (κ3) is 3.49. The van der Waals surface area contributed by atoms with Crippen molar-refractivity contribution in [2.75, 3.05) is 31.2 Å². The Morgan fingerprint density at radius 1 is 1.31 bits per heavy atom. The van der Waals surface area contributed by atoms with Crippen LogP contribution >= 0.6 is 23.1 Å². The van der Waals surface area contributed by atoms with Gasteiger partial charge in [-0.3, -0.25) is 4.57 Å². The van der Waals surface area contributed by atoms with Crippen LogP contribution in [0.25, 0.3) is 10.7 Å². The summed E-state index contributed by atoms with van der Waals surface area (Å²) in [6.45, 7) is 8.08. The maximum absolute atomic E-state index is 5.46. The molecule has 0 aromatic carbocycles. The smallest absolute Gasteiger partial charge is 0.240 e. The van der Waals surface area contributed by atoms with Crippen LogP contribution in [-0.2, 0) is 11.3 Å². The summed E-state index contributed by atoms with van der Waals surface area (Å²) in [5.74, 6) is 2.13. The van der Waals surface area contributed by atoms with Gasteiger partial charge in [-0.05, 0) is 25.3 Å². The van der Waals surface area contributed by atoms with E-state index in [1.54, 1.807) is 23.1 Å². The molecule has 4 heterocycles. The lowest BCUT2D eigenvalue weighted by atomic mass is 10.4. The van der Waals surface area contributed by atoms with Crippen molar-refractivity contribution in [1.82, 2.24) is 24.9 Å². The molecule has 1 aliphatic heterocycles. The number of rotatable bonds is 6. The third-order valence-electron chi connectivity index (χ3n) is 4.12. The molecule has 0 radical (unpaired) electrons. The number of morpholine rings is 1. The number of anilines is 1. The Hall–Kier alpha value is -1.91. The molecule has 0 bridgehead atoms. The first kappa shape index (κ1) is 17.5. The van der Waals surface area contributed by atoms with Gasteiger partial charge in [-0.1, -0.05) is 23.0 Å². The first-order valence-corrected chi connectivity index (χ1v) is 10.3. The quantitative estimate of drug-likeness (QED) is 0.592. The van der Waals surface area contributed by atoms with Gasteiger partial charge in [0, 0.05) is 19.6 Å². The second-order valence-corrected chi connectivity index (χ2v) is 8.08. The van der Waals surface area contributed by atoms with Crippen molar-refractivity contribution in [2.45, 2.75) is 30.8 Å². The summed E-state index contributed by atoms with van der Waals surface area (Å²) in [5, 5.41) is 15.7. The highest BCUT2D eigenvalue weighted by atomic mass is 32.2. The average Bonchev–Trinajstić information content (AvgIpc) is 3.42. The molecule has 0 spiro atoms. The maximum atomic E-state index is 5.46. The van der Waals surface area contributed by atoms with Gasteiger partial charge in [0.15, 0.2) is 5.16 Å². The molecule has 3 aromatic heterocycles. The second-order valence-electron chi connectivity index (χ2n) is 5.82. The minimum atomic E-state index is -0.0109. The van der Waals surface area contributed by atoms with E-state index in [0.717, 1.165) is 48.8 Å². The van der Waals surface area contributed by atoms with Gasteiger partial charge in [0.1, 0.15) is 0 Å². The summed E-state index contributed by atoms with van der Waals surface area (Å²) >= 11 is 3.18. The molecule has 10 heteroatoms. The Morgan fingerprint density at radius 2 is 2.15 bits per heavy atom. The summed E-state index contributed by atoms with van der Waals surface area (Å²) < 4.78 is 13.0. The Balaban J connectivity index is 1.50. The van der Waals surface area contributed by atoms with E-state index >= 15 is 0 Å². The fraction of sp³-hybridized carbons (Fsp3) is 0.500. The van der Waals surface area contributed by atoms with E-state index < -0.39 is 0 Å². The molecule has 3 aromatic rings. The predicted molar refractivity (Wildman–Crippen MR) is 101 cm³/mol. The highest BCUT2D eigenvalue weighted by Gasteiger charge is 2.23. The summed E-state index contributed by atoms with van der Waals surface area (Å²) in [6, 6.07) is 3.96. The van der Waals surface area contributed by atoms with Crippen molar-refractivity contribution in [3.05, 3.63) is 23.4 Å². The molecule has 0 N–H and O–H groups in total. The molecule has 138 valence electrons. The maximum Gasteiger partial charge on any atom is 0.240 e. The monoisotopic (exact) mass is 392 g/mol. The zero-order chi connectivity index (χ0) is 17.9. The van der Waals surface area contributed by atoms with E-state index in [4.69, 9.17) is 9.26 Å². The zero-order valence-corrected chi connectivity index (χ0v) is 16.3. The Kier molecular flexibility index (Phi) is 5.23.